The average Bonchev–Trinajstić information content (AvgIpc) is 3.04. The van der Waals surface area contributed by atoms with Gasteiger partial charge in [-0.2, -0.15) is 0 Å². The van der Waals surface area contributed by atoms with Crippen molar-refractivity contribution in [3.05, 3.63) is 71.4 Å². The van der Waals surface area contributed by atoms with E-state index in [1.54, 1.807) is 0 Å². The molecule has 0 radical (unpaired) electrons. The lowest BCUT2D eigenvalue weighted by Gasteiger charge is -2.19. The minimum atomic E-state index is -0.506. The lowest BCUT2D eigenvalue weighted by molar-refractivity contribution is 0.0527. The van der Waals surface area contributed by atoms with Gasteiger partial charge < -0.3 is 14.8 Å². The Morgan fingerprint density at radius 2 is 1.56 bits per heavy atom. The molecular weight excluding hydrogens is 404 g/mol. The summed E-state index contributed by atoms with van der Waals surface area (Å²) in [7, 11) is 0. The number of amides is 2. The van der Waals surface area contributed by atoms with Crippen molar-refractivity contribution < 1.29 is 19.1 Å². The van der Waals surface area contributed by atoms with Gasteiger partial charge in [0, 0.05) is 18.2 Å². The SMILES string of the molecule is C/C(=C\CCCNC(=O)OC(C)(C)C)NC(=O)OCC1c2ccccc2-c2ccccc21. The molecule has 0 aliphatic heterocycles. The first-order chi connectivity index (χ1) is 15.2. The molecule has 0 saturated heterocycles. The van der Waals surface area contributed by atoms with Gasteiger partial charge in [-0.15, -0.1) is 0 Å². The van der Waals surface area contributed by atoms with Crippen LogP contribution in [0.2, 0.25) is 0 Å². The molecule has 2 amide bonds. The van der Waals surface area contributed by atoms with E-state index in [1.165, 1.54) is 22.3 Å². The molecule has 0 unspecified atom stereocenters. The molecule has 2 aromatic carbocycles. The van der Waals surface area contributed by atoms with E-state index in [4.69, 9.17) is 9.47 Å². The van der Waals surface area contributed by atoms with E-state index in [1.807, 2.05) is 58.0 Å². The van der Waals surface area contributed by atoms with E-state index in [0.717, 1.165) is 12.1 Å². The van der Waals surface area contributed by atoms with Crippen LogP contribution in [0.25, 0.3) is 11.1 Å². The number of fused-ring (bicyclic) bond motifs is 3. The molecule has 0 aromatic heterocycles. The molecule has 0 spiro atoms. The molecule has 2 N–H and O–H groups in total. The highest BCUT2D eigenvalue weighted by atomic mass is 16.6. The van der Waals surface area contributed by atoms with Crippen molar-refractivity contribution in [2.45, 2.75) is 52.1 Å². The van der Waals surface area contributed by atoms with E-state index in [9.17, 15) is 9.59 Å². The second-order valence-corrected chi connectivity index (χ2v) is 8.91. The average molecular weight is 437 g/mol. The maximum absolute atomic E-state index is 12.3. The fraction of sp³-hybridized carbons (Fsp3) is 0.385. The Bertz CT molecular complexity index is 946. The van der Waals surface area contributed by atoms with Gasteiger partial charge in [-0.1, -0.05) is 54.6 Å². The van der Waals surface area contributed by atoms with Crippen LogP contribution in [-0.2, 0) is 9.47 Å². The number of alkyl carbamates (subject to hydrolysis) is 2. The minimum absolute atomic E-state index is 0.0383. The van der Waals surface area contributed by atoms with Crippen molar-refractivity contribution >= 4 is 12.2 Å². The van der Waals surface area contributed by atoms with Crippen molar-refractivity contribution in [3.8, 4) is 11.1 Å². The van der Waals surface area contributed by atoms with Crippen molar-refractivity contribution in [3.63, 3.8) is 0 Å². The lowest BCUT2D eigenvalue weighted by atomic mass is 9.98. The zero-order chi connectivity index (χ0) is 23.1. The van der Waals surface area contributed by atoms with Gasteiger partial charge in [0.05, 0.1) is 0 Å². The van der Waals surface area contributed by atoms with Gasteiger partial charge in [-0.25, -0.2) is 9.59 Å². The fourth-order valence-corrected chi connectivity index (χ4v) is 3.77. The molecule has 0 heterocycles. The maximum Gasteiger partial charge on any atom is 0.411 e. The van der Waals surface area contributed by atoms with E-state index in [-0.39, 0.29) is 12.5 Å². The molecule has 6 nitrogen and oxygen atoms in total. The van der Waals surface area contributed by atoms with Gasteiger partial charge in [-0.05, 0) is 62.8 Å². The number of rotatable bonds is 7. The zero-order valence-corrected chi connectivity index (χ0v) is 19.2. The van der Waals surface area contributed by atoms with Crippen LogP contribution < -0.4 is 10.6 Å². The lowest BCUT2D eigenvalue weighted by Crippen LogP contribution is -2.32. The van der Waals surface area contributed by atoms with Crippen LogP contribution in [0, 0.1) is 0 Å². The summed E-state index contributed by atoms with van der Waals surface area (Å²) in [4.78, 5) is 23.9. The number of carbonyl (C=O) groups excluding carboxylic acids is 2. The number of unbranched alkanes of at least 4 members (excludes halogenated alkanes) is 1. The second kappa shape index (κ2) is 10.4. The Kier molecular flexibility index (Phi) is 7.57. The molecular formula is C26H32N2O4. The molecule has 3 rings (SSSR count). The number of hydrogen-bond donors (Lipinski definition) is 2. The standard InChI is InChI=1S/C26H32N2O4/c1-18(11-9-10-16-27-24(29)32-26(2,3)4)28-25(30)31-17-23-21-14-7-5-12-19(21)20-13-6-8-15-22(20)23/h5-8,11-15,23H,9-10,16-17H2,1-4H3,(H,27,29)(H,28,30)/b18-11+. The van der Waals surface area contributed by atoms with Crippen LogP contribution >= 0.6 is 0 Å². The summed E-state index contributed by atoms with van der Waals surface area (Å²) in [6, 6.07) is 16.5. The fourth-order valence-electron chi connectivity index (χ4n) is 3.77. The molecule has 0 atom stereocenters. The topological polar surface area (TPSA) is 76.7 Å². The van der Waals surface area contributed by atoms with Gasteiger partial charge in [0.15, 0.2) is 0 Å². The molecule has 0 bridgehead atoms. The van der Waals surface area contributed by atoms with Crippen LogP contribution in [-0.4, -0.2) is 30.9 Å². The Balaban J connectivity index is 1.43. The first-order valence-corrected chi connectivity index (χ1v) is 11.0. The summed E-state index contributed by atoms with van der Waals surface area (Å²) in [5.41, 5.74) is 4.99. The van der Waals surface area contributed by atoms with Crippen LogP contribution in [0.15, 0.2) is 60.3 Å². The van der Waals surface area contributed by atoms with Crippen LogP contribution in [0.4, 0.5) is 9.59 Å². The highest BCUT2D eigenvalue weighted by Crippen LogP contribution is 2.44. The van der Waals surface area contributed by atoms with E-state index >= 15 is 0 Å². The summed E-state index contributed by atoms with van der Waals surface area (Å²) >= 11 is 0. The predicted octanol–water partition coefficient (Wildman–Crippen LogP) is 5.73. The number of benzene rings is 2. The highest BCUT2D eigenvalue weighted by Gasteiger charge is 2.28. The van der Waals surface area contributed by atoms with Gasteiger partial charge in [-0.3, -0.25) is 5.32 Å². The van der Waals surface area contributed by atoms with Crippen LogP contribution in [0.1, 0.15) is 57.6 Å². The van der Waals surface area contributed by atoms with Crippen molar-refractivity contribution in [2.24, 2.45) is 0 Å². The maximum atomic E-state index is 12.3. The molecule has 0 fully saturated rings. The van der Waals surface area contributed by atoms with Gasteiger partial charge in [0.25, 0.3) is 0 Å². The number of allylic oxidation sites excluding steroid dienone is 2. The van der Waals surface area contributed by atoms with Gasteiger partial charge >= 0.3 is 12.2 Å². The first-order valence-electron chi connectivity index (χ1n) is 11.0. The van der Waals surface area contributed by atoms with Crippen molar-refractivity contribution in [1.82, 2.24) is 10.6 Å². The minimum Gasteiger partial charge on any atom is -0.448 e. The molecule has 6 heteroatoms. The third kappa shape index (κ3) is 6.36. The molecule has 2 aromatic rings. The summed E-state index contributed by atoms with van der Waals surface area (Å²) < 4.78 is 10.7. The largest absolute Gasteiger partial charge is 0.448 e. The molecule has 170 valence electrons. The van der Waals surface area contributed by atoms with Gasteiger partial charge in [0.2, 0.25) is 0 Å². The summed E-state index contributed by atoms with van der Waals surface area (Å²) in [5.74, 6) is 0.0383. The van der Waals surface area contributed by atoms with E-state index < -0.39 is 17.8 Å². The number of hydrogen-bond acceptors (Lipinski definition) is 4. The van der Waals surface area contributed by atoms with Crippen LogP contribution in [0.5, 0.6) is 0 Å². The van der Waals surface area contributed by atoms with Crippen LogP contribution in [0.3, 0.4) is 0 Å². The Labute approximate surface area is 190 Å². The van der Waals surface area contributed by atoms with Crippen molar-refractivity contribution in [2.75, 3.05) is 13.2 Å². The molecule has 1 aliphatic carbocycles. The Morgan fingerprint density at radius 1 is 0.969 bits per heavy atom. The molecule has 1 aliphatic rings. The zero-order valence-electron chi connectivity index (χ0n) is 19.2. The molecule has 32 heavy (non-hydrogen) atoms. The summed E-state index contributed by atoms with van der Waals surface area (Å²) in [6.07, 6.45) is 2.48. The predicted molar refractivity (Wildman–Crippen MR) is 125 cm³/mol. The first kappa shape index (κ1) is 23.4. The van der Waals surface area contributed by atoms with Crippen molar-refractivity contribution in [1.29, 1.82) is 0 Å². The third-order valence-corrected chi connectivity index (χ3v) is 5.14. The normalized spacial score (nSPS) is 13.2. The molecule has 0 saturated carbocycles. The number of nitrogens with one attached hydrogen (secondary N) is 2. The third-order valence-electron chi connectivity index (χ3n) is 5.14. The smallest absolute Gasteiger partial charge is 0.411 e. The summed E-state index contributed by atoms with van der Waals surface area (Å²) in [6.45, 7) is 8.09. The quantitative estimate of drug-likeness (QED) is 0.543. The number of carbonyl (C=O) groups is 2. The Morgan fingerprint density at radius 3 is 2.16 bits per heavy atom. The highest BCUT2D eigenvalue weighted by molar-refractivity contribution is 5.79. The monoisotopic (exact) mass is 436 g/mol. The van der Waals surface area contributed by atoms with Gasteiger partial charge in [0.1, 0.15) is 12.2 Å². The Hall–Kier alpha value is -3.28. The van der Waals surface area contributed by atoms with E-state index in [2.05, 4.69) is 34.9 Å². The number of ether oxygens (including phenoxy) is 2. The second-order valence-electron chi connectivity index (χ2n) is 8.91. The van der Waals surface area contributed by atoms with E-state index in [0.29, 0.717) is 13.0 Å². The summed E-state index contributed by atoms with van der Waals surface area (Å²) in [5, 5.41) is 5.49.